The summed E-state index contributed by atoms with van der Waals surface area (Å²) in [6.45, 7) is -0.0898. The van der Waals surface area contributed by atoms with E-state index in [0.717, 1.165) is 0 Å². The van der Waals surface area contributed by atoms with E-state index in [9.17, 15) is 9.59 Å². The van der Waals surface area contributed by atoms with Crippen LogP contribution in [0.5, 0.6) is 0 Å². The number of hydrogen-bond donors (Lipinski definition) is 1. The standard InChI is InChI=1S/C13H13N3O3/c14-10-4-5-12(17)16(7-10)8-13(18)19-9-11-3-1-2-6-15-11/h1-7H,8-9,14H2. The normalized spacial score (nSPS) is 10.1. The Morgan fingerprint density at radius 1 is 1.32 bits per heavy atom. The van der Waals surface area contributed by atoms with Gasteiger partial charge in [0.15, 0.2) is 0 Å². The lowest BCUT2D eigenvalue weighted by molar-refractivity contribution is -0.145. The Bertz CT molecular complexity index is 623. The molecule has 2 N–H and O–H groups in total. The van der Waals surface area contributed by atoms with E-state index in [-0.39, 0.29) is 18.7 Å². The number of carbonyl (C=O) groups excluding carboxylic acids is 1. The molecule has 0 aliphatic rings. The molecule has 0 aliphatic heterocycles. The number of nitrogens with two attached hydrogens (primary N) is 1. The molecule has 0 amide bonds. The van der Waals surface area contributed by atoms with Crippen LogP contribution in [-0.4, -0.2) is 15.5 Å². The molecular weight excluding hydrogens is 246 g/mol. The first-order chi connectivity index (χ1) is 9.15. The van der Waals surface area contributed by atoms with Crippen LogP contribution in [0.25, 0.3) is 0 Å². The molecule has 2 aromatic heterocycles. The second-order valence-electron chi connectivity index (χ2n) is 3.91. The summed E-state index contributed by atoms with van der Waals surface area (Å²) >= 11 is 0. The van der Waals surface area contributed by atoms with Crippen molar-refractivity contribution in [2.75, 3.05) is 5.73 Å². The van der Waals surface area contributed by atoms with Crippen LogP contribution in [-0.2, 0) is 22.7 Å². The number of carbonyl (C=O) groups is 1. The van der Waals surface area contributed by atoms with Gasteiger partial charge in [0.25, 0.3) is 5.56 Å². The number of hydrogen-bond acceptors (Lipinski definition) is 5. The lowest BCUT2D eigenvalue weighted by Gasteiger charge is -2.07. The number of nitrogens with zero attached hydrogens (tertiary/aromatic N) is 2. The zero-order valence-electron chi connectivity index (χ0n) is 10.2. The molecule has 98 valence electrons. The average Bonchev–Trinajstić information content (AvgIpc) is 2.42. The fourth-order valence-electron chi connectivity index (χ4n) is 1.50. The molecule has 0 atom stereocenters. The van der Waals surface area contributed by atoms with Crippen molar-refractivity contribution in [1.29, 1.82) is 0 Å². The van der Waals surface area contributed by atoms with Gasteiger partial charge in [-0.05, 0) is 18.2 Å². The summed E-state index contributed by atoms with van der Waals surface area (Å²) in [5.41, 5.74) is 6.31. The maximum absolute atomic E-state index is 11.6. The molecule has 6 nitrogen and oxygen atoms in total. The molecule has 2 rings (SSSR count). The molecular formula is C13H13N3O3. The van der Waals surface area contributed by atoms with Gasteiger partial charge in [0.2, 0.25) is 0 Å². The van der Waals surface area contributed by atoms with Gasteiger partial charge in [-0.2, -0.15) is 0 Å². The minimum absolute atomic E-state index is 0.0801. The third-order valence-corrected chi connectivity index (χ3v) is 2.41. The van der Waals surface area contributed by atoms with Gasteiger partial charge in [0, 0.05) is 24.1 Å². The smallest absolute Gasteiger partial charge is 0.326 e. The van der Waals surface area contributed by atoms with Crippen LogP contribution in [0.1, 0.15) is 5.69 Å². The number of rotatable bonds is 4. The predicted molar refractivity (Wildman–Crippen MR) is 69.1 cm³/mol. The van der Waals surface area contributed by atoms with Crippen molar-refractivity contribution in [3.63, 3.8) is 0 Å². The monoisotopic (exact) mass is 259 g/mol. The first-order valence-corrected chi connectivity index (χ1v) is 5.66. The third-order valence-electron chi connectivity index (χ3n) is 2.41. The van der Waals surface area contributed by atoms with Crippen molar-refractivity contribution >= 4 is 11.7 Å². The van der Waals surface area contributed by atoms with E-state index in [2.05, 4.69) is 4.98 Å². The van der Waals surface area contributed by atoms with Crippen molar-refractivity contribution < 1.29 is 9.53 Å². The van der Waals surface area contributed by atoms with Gasteiger partial charge in [-0.25, -0.2) is 0 Å². The Labute approximate surface area is 109 Å². The number of esters is 1. The van der Waals surface area contributed by atoms with E-state index in [1.807, 2.05) is 0 Å². The Kier molecular flexibility index (Phi) is 3.92. The zero-order valence-corrected chi connectivity index (χ0v) is 10.2. The van der Waals surface area contributed by atoms with Crippen LogP contribution < -0.4 is 11.3 Å². The van der Waals surface area contributed by atoms with Crippen molar-refractivity contribution in [3.8, 4) is 0 Å². The molecule has 0 saturated carbocycles. The maximum Gasteiger partial charge on any atom is 0.326 e. The van der Waals surface area contributed by atoms with E-state index >= 15 is 0 Å². The molecule has 0 bridgehead atoms. The van der Waals surface area contributed by atoms with Crippen molar-refractivity contribution in [1.82, 2.24) is 9.55 Å². The Balaban J connectivity index is 1.95. The molecule has 0 aliphatic carbocycles. The highest BCUT2D eigenvalue weighted by Crippen LogP contribution is 1.99. The maximum atomic E-state index is 11.6. The van der Waals surface area contributed by atoms with Crippen LogP contribution in [0.2, 0.25) is 0 Å². The highest BCUT2D eigenvalue weighted by atomic mass is 16.5. The summed E-state index contributed by atoms with van der Waals surface area (Å²) < 4.78 is 6.23. The molecule has 0 fully saturated rings. The van der Waals surface area contributed by atoms with E-state index < -0.39 is 5.97 Å². The number of aromatic nitrogens is 2. The molecule has 2 heterocycles. The predicted octanol–water partition coefficient (Wildman–Crippen LogP) is 0.569. The largest absolute Gasteiger partial charge is 0.458 e. The SMILES string of the molecule is Nc1ccc(=O)n(CC(=O)OCc2ccccn2)c1. The van der Waals surface area contributed by atoms with Gasteiger partial charge in [-0.1, -0.05) is 6.07 Å². The summed E-state index contributed by atoms with van der Waals surface area (Å²) in [5.74, 6) is -0.515. The number of anilines is 1. The van der Waals surface area contributed by atoms with Crippen molar-refractivity contribution in [3.05, 3.63) is 58.8 Å². The van der Waals surface area contributed by atoms with Gasteiger partial charge >= 0.3 is 5.97 Å². The van der Waals surface area contributed by atoms with E-state index in [1.54, 1.807) is 24.4 Å². The van der Waals surface area contributed by atoms with Crippen molar-refractivity contribution in [2.24, 2.45) is 0 Å². The molecule has 0 unspecified atom stereocenters. The van der Waals surface area contributed by atoms with Gasteiger partial charge in [-0.15, -0.1) is 0 Å². The van der Waals surface area contributed by atoms with Crippen LogP contribution >= 0.6 is 0 Å². The highest BCUT2D eigenvalue weighted by Gasteiger charge is 2.06. The Morgan fingerprint density at radius 3 is 2.89 bits per heavy atom. The minimum Gasteiger partial charge on any atom is -0.458 e. The highest BCUT2D eigenvalue weighted by molar-refractivity contribution is 5.69. The molecule has 0 spiro atoms. The van der Waals surface area contributed by atoms with Crippen molar-refractivity contribution in [2.45, 2.75) is 13.2 Å². The average molecular weight is 259 g/mol. The van der Waals surface area contributed by atoms with E-state index in [0.29, 0.717) is 11.4 Å². The lowest BCUT2D eigenvalue weighted by atomic mass is 10.4. The second kappa shape index (κ2) is 5.81. The van der Waals surface area contributed by atoms with E-state index in [1.165, 1.54) is 22.9 Å². The third kappa shape index (κ3) is 3.67. The lowest BCUT2D eigenvalue weighted by Crippen LogP contribution is -2.24. The fourth-order valence-corrected chi connectivity index (χ4v) is 1.50. The number of nitrogen functional groups attached to an aromatic ring is 1. The Hall–Kier alpha value is -2.63. The first-order valence-electron chi connectivity index (χ1n) is 5.66. The summed E-state index contributed by atoms with van der Waals surface area (Å²) in [4.78, 5) is 27.1. The second-order valence-corrected chi connectivity index (χ2v) is 3.91. The van der Waals surface area contributed by atoms with Gasteiger partial charge in [0.1, 0.15) is 13.2 Å². The summed E-state index contributed by atoms with van der Waals surface area (Å²) in [5, 5.41) is 0. The van der Waals surface area contributed by atoms with Gasteiger partial charge in [0.05, 0.1) is 5.69 Å². The van der Waals surface area contributed by atoms with Crippen LogP contribution in [0.15, 0.2) is 47.5 Å². The van der Waals surface area contributed by atoms with Gasteiger partial charge < -0.3 is 15.0 Å². The molecule has 19 heavy (non-hydrogen) atoms. The molecule has 6 heteroatoms. The summed E-state index contributed by atoms with van der Waals surface area (Å²) in [7, 11) is 0. The fraction of sp³-hybridized carbons (Fsp3) is 0.154. The number of ether oxygens (including phenoxy) is 1. The van der Waals surface area contributed by atoms with Crippen LogP contribution in [0, 0.1) is 0 Å². The van der Waals surface area contributed by atoms with Crippen LogP contribution in [0.3, 0.4) is 0 Å². The van der Waals surface area contributed by atoms with Gasteiger partial charge in [-0.3, -0.25) is 14.6 Å². The molecule has 2 aromatic rings. The topological polar surface area (TPSA) is 87.2 Å². The molecule has 0 radical (unpaired) electrons. The quantitative estimate of drug-likeness (QED) is 0.811. The molecule has 0 saturated heterocycles. The molecule has 0 aromatic carbocycles. The summed E-state index contributed by atoms with van der Waals surface area (Å²) in [6, 6.07) is 8.12. The zero-order chi connectivity index (χ0) is 13.7. The van der Waals surface area contributed by atoms with Crippen LogP contribution in [0.4, 0.5) is 5.69 Å². The van der Waals surface area contributed by atoms with E-state index in [4.69, 9.17) is 10.5 Å². The Morgan fingerprint density at radius 2 is 2.16 bits per heavy atom. The summed E-state index contributed by atoms with van der Waals surface area (Å²) in [6.07, 6.45) is 3.02. The number of pyridine rings is 2. The minimum atomic E-state index is -0.515. The first kappa shape index (κ1) is 12.8.